The van der Waals surface area contributed by atoms with E-state index in [4.69, 9.17) is 4.74 Å². The van der Waals surface area contributed by atoms with Crippen LogP contribution in [0.15, 0.2) is 67.3 Å². The maximum Gasteiger partial charge on any atom is 0.411 e. The van der Waals surface area contributed by atoms with Gasteiger partial charge in [-0.25, -0.2) is 9.59 Å². The van der Waals surface area contributed by atoms with E-state index in [0.29, 0.717) is 19.3 Å². The molecule has 0 fully saturated rings. The number of hydrogen-bond acceptors (Lipinski definition) is 4. The average Bonchev–Trinajstić information content (AvgIpc) is 2.81. The van der Waals surface area contributed by atoms with Crippen LogP contribution in [0.25, 0.3) is 0 Å². The van der Waals surface area contributed by atoms with E-state index in [0.717, 1.165) is 16.7 Å². The summed E-state index contributed by atoms with van der Waals surface area (Å²) in [4.78, 5) is 39.0. The van der Waals surface area contributed by atoms with Crippen LogP contribution in [0.2, 0.25) is 0 Å². The molecule has 2 atom stereocenters. The minimum absolute atomic E-state index is 0.0888. The molecule has 2 amide bonds. The van der Waals surface area contributed by atoms with E-state index in [-0.39, 0.29) is 19.6 Å². The molecule has 0 aliphatic carbocycles. The summed E-state index contributed by atoms with van der Waals surface area (Å²) < 4.78 is 5.47. The van der Waals surface area contributed by atoms with Gasteiger partial charge in [0.25, 0.3) is 0 Å². The molecule has 3 rings (SSSR count). The lowest BCUT2D eigenvalue weighted by molar-refractivity contribution is -0.143. The van der Waals surface area contributed by atoms with Crippen LogP contribution >= 0.6 is 0 Å². The molecule has 0 radical (unpaired) electrons. The van der Waals surface area contributed by atoms with Gasteiger partial charge in [-0.2, -0.15) is 0 Å². The van der Waals surface area contributed by atoms with Gasteiger partial charge in [0.2, 0.25) is 5.91 Å². The monoisotopic (exact) mass is 436 g/mol. The van der Waals surface area contributed by atoms with Gasteiger partial charge < -0.3 is 15.2 Å². The summed E-state index contributed by atoms with van der Waals surface area (Å²) in [6.45, 7) is 3.94. The number of fused-ring (bicyclic) bond motifs is 1. The Hall–Kier alpha value is -3.61. The van der Waals surface area contributed by atoms with E-state index < -0.39 is 30.1 Å². The van der Waals surface area contributed by atoms with Crippen molar-refractivity contribution in [1.29, 1.82) is 0 Å². The van der Waals surface area contributed by atoms with E-state index >= 15 is 0 Å². The topological polar surface area (TPSA) is 95.9 Å². The number of ether oxygens (including phenoxy) is 1. The number of carboxylic acids is 1. The number of carbonyl (C=O) groups is 3. The fourth-order valence-corrected chi connectivity index (χ4v) is 3.74. The van der Waals surface area contributed by atoms with Gasteiger partial charge in [-0.1, -0.05) is 60.7 Å². The van der Waals surface area contributed by atoms with Crippen molar-refractivity contribution in [1.82, 2.24) is 10.2 Å². The first kappa shape index (κ1) is 23.1. The number of benzene rings is 2. The number of nitrogens with one attached hydrogen (secondary N) is 1. The summed E-state index contributed by atoms with van der Waals surface area (Å²) in [7, 11) is 0. The number of aliphatic carboxylic acids is 1. The molecule has 0 bridgehead atoms. The van der Waals surface area contributed by atoms with Gasteiger partial charge in [0.15, 0.2) is 0 Å². The SMILES string of the molecule is C=CCCC[C@H](NC(=O)[C@@H]1Cc2ccccc2CN1C(=O)OCc1ccccc1)C(=O)O. The van der Waals surface area contributed by atoms with Gasteiger partial charge in [-0.15, -0.1) is 6.58 Å². The normalized spacial score (nSPS) is 15.9. The van der Waals surface area contributed by atoms with Gasteiger partial charge in [-0.3, -0.25) is 9.69 Å². The van der Waals surface area contributed by atoms with Crippen LogP contribution in [-0.4, -0.2) is 40.1 Å². The zero-order valence-corrected chi connectivity index (χ0v) is 17.9. The van der Waals surface area contributed by atoms with Crippen LogP contribution in [0.3, 0.4) is 0 Å². The fraction of sp³-hybridized carbons (Fsp3) is 0.320. The molecular weight excluding hydrogens is 408 g/mol. The van der Waals surface area contributed by atoms with Gasteiger partial charge in [0.05, 0.1) is 6.54 Å². The quantitative estimate of drug-likeness (QED) is 0.462. The van der Waals surface area contributed by atoms with Crippen molar-refractivity contribution >= 4 is 18.0 Å². The molecule has 0 unspecified atom stereocenters. The Balaban J connectivity index is 1.75. The highest BCUT2D eigenvalue weighted by Gasteiger charge is 2.37. The number of amides is 2. The second-order valence-electron chi connectivity index (χ2n) is 7.78. The van der Waals surface area contributed by atoms with Crippen molar-refractivity contribution in [3.63, 3.8) is 0 Å². The highest BCUT2D eigenvalue weighted by molar-refractivity contribution is 5.89. The van der Waals surface area contributed by atoms with Crippen molar-refractivity contribution < 1.29 is 24.2 Å². The first-order valence-electron chi connectivity index (χ1n) is 10.7. The first-order valence-corrected chi connectivity index (χ1v) is 10.7. The Morgan fingerprint density at radius 2 is 1.81 bits per heavy atom. The maximum atomic E-state index is 13.1. The summed E-state index contributed by atoms with van der Waals surface area (Å²) in [5.74, 6) is -1.60. The molecule has 7 heteroatoms. The van der Waals surface area contributed by atoms with E-state index in [9.17, 15) is 19.5 Å². The maximum absolute atomic E-state index is 13.1. The van der Waals surface area contributed by atoms with Crippen molar-refractivity contribution in [2.75, 3.05) is 0 Å². The van der Waals surface area contributed by atoms with E-state index in [1.54, 1.807) is 6.08 Å². The van der Waals surface area contributed by atoms with Gasteiger partial charge in [0, 0.05) is 6.42 Å². The van der Waals surface area contributed by atoms with Crippen molar-refractivity contribution in [2.45, 2.75) is 50.9 Å². The molecule has 0 saturated carbocycles. The first-order chi connectivity index (χ1) is 15.5. The standard InChI is InChI=1S/C25H28N2O5/c1-2-3-5-14-21(24(29)30)26-23(28)22-15-19-12-8-9-13-20(19)16-27(22)25(31)32-17-18-10-6-4-7-11-18/h2,4,6-13,21-22H,1,3,5,14-17H2,(H,26,28)(H,29,30)/t21-,22-/m0/s1. The summed E-state index contributed by atoms with van der Waals surface area (Å²) in [6, 6.07) is 15.0. The Kier molecular flexibility index (Phi) is 8.02. The average molecular weight is 437 g/mol. The van der Waals surface area contributed by atoms with Crippen LogP contribution in [-0.2, 0) is 33.9 Å². The lowest BCUT2D eigenvalue weighted by Crippen LogP contribution is -2.55. The molecule has 1 aliphatic heterocycles. The number of nitrogens with zero attached hydrogens (tertiary/aromatic N) is 1. The van der Waals surface area contributed by atoms with Crippen molar-refractivity contribution in [2.24, 2.45) is 0 Å². The highest BCUT2D eigenvalue weighted by atomic mass is 16.6. The summed E-state index contributed by atoms with van der Waals surface area (Å²) in [5, 5.41) is 12.1. The van der Waals surface area contributed by atoms with Crippen molar-refractivity contribution in [3.8, 4) is 0 Å². The van der Waals surface area contributed by atoms with Crippen LogP contribution < -0.4 is 5.32 Å². The predicted molar refractivity (Wildman–Crippen MR) is 120 cm³/mol. The fourth-order valence-electron chi connectivity index (χ4n) is 3.74. The molecule has 2 aromatic rings. The largest absolute Gasteiger partial charge is 0.480 e. The number of hydrogen-bond donors (Lipinski definition) is 2. The van der Waals surface area contributed by atoms with E-state index in [1.165, 1.54) is 4.90 Å². The predicted octanol–water partition coefficient (Wildman–Crippen LogP) is 3.68. The third-order valence-electron chi connectivity index (χ3n) is 5.51. The number of carboxylic acid groups (broad SMARTS) is 1. The van der Waals surface area contributed by atoms with Gasteiger partial charge in [-0.05, 0) is 36.0 Å². The van der Waals surface area contributed by atoms with Crippen LogP contribution in [0.5, 0.6) is 0 Å². The Labute approximate surface area is 187 Å². The Morgan fingerprint density at radius 1 is 1.12 bits per heavy atom. The smallest absolute Gasteiger partial charge is 0.411 e. The van der Waals surface area contributed by atoms with Crippen LogP contribution in [0, 0.1) is 0 Å². The molecule has 0 aromatic heterocycles. The molecular formula is C25H28N2O5. The summed E-state index contributed by atoms with van der Waals surface area (Å²) in [5.41, 5.74) is 2.74. The zero-order valence-electron chi connectivity index (χ0n) is 17.9. The molecule has 0 spiro atoms. The van der Waals surface area contributed by atoms with Gasteiger partial charge >= 0.3 is 12.1 Å². The molecule has 7 nitrogen and oxygen atoms in total. The molecule has 2 aromatic carbocycles. The second-order valence-corrected chi connectivity index (χ2v) is 7.78. The van der Waals surface area contributed by atoms with Crippen LogP contribution in [0.1, 0.15) is 36.0 Å². The van der Waals surface area contributed by atoms with Crippen LogP contribution in [0.4, 0.5) is 4.79 Å². The molecule has 32 heavy (non-hydrogen) atoms. The Morgan fingerprint density at radius 3 is 2.50 bits per heavy atom. The minimum Gasteiger partial charge on any atom is -0.480 e. The third kappa shape index (κ3) is 5.97. The molecule has 2 N–H and O–H groups in total. The van der Waals surface area contributed by atoms with Crippen molar-refractivity contribution in [3.05, 3.63) is 83.9 Å². The molecule has 1 heterocycles. The Bertz CT molecular complexity index is 960. The lowest BCUT2D eigenvalue weighted by Gasteiger charge is -2.35. The third-order valence-corrected chi connectivity index (χ3v) is 5.51. The lowest BCUT2D eigenvalue weighted by atomic mass is 9.93. The van der Waals surface area contributed by atoms with E-state index in [2.05, 4.69) is 11.9 Å². The number of rotatable bonds is 9. The molecule has 1 aliphatic rings. The molecule has 168 valence electrons. The number of allylic oxidation sites excluding steroid dienone is 1. The summed E-state index contributed by atoms with van der Waals surface area (Å²) in [6.07, 6.45) is 2.94. The van der Waals surface area contributed by atoms with Gasteiger partial charge in [0.1, 0.15) is 18.7 Å². The zero-order chi connectivity index (χ0) is 22.9. The summed E-state index contributed by atoms with van der Waals surface area (Å²) >= 11 is 0. The second kappa shape index (κ2) is 11.1. The minimum atomic E-state index is -1.10. The number of unbranched alkanes of at least 4 members (excludes halogenated alkanes) is 1. The van der Waals surface area contributed by atoms with E-state index in [1.807, 2.05) is 54.6 Å². The number of carbonyl (C=O) groups excluding carboxylic acids is 2. The molecule has 0 saturated heterocycles. The highest BCUT2D eigenvalue weighted by Crippen LogP contribution is 2.25.